The maximum absolute atomic E-state index is 5.70. The average Bonchev–Trinajstić information content (AvgIpc) is 3.21. The van der Waals surface area contributed by atoms with Crippen LogP contribution < -0.4 is 10.2 Å². The summed E-state index contributed by atoms with van der Waals surface area (Å²) in [4.78, 5) is 11.8. The third-order valence-electron chi connectivity index (χ3n) is 5.64. The quantitative estimate of drug-likeness (QED) is 0.842. The molecule has 5 nitrogen and oxygen atoms in total. The Balaban J connectivity index is 1.33. The van der Waals surface area contributed by atoms with Crippen molar-refractivity contribution in [2.75, 3.05) is 36.5 Å². The molecule has 1 aromatic carbocycles. The number of hydrogen-bond acceptors (Lipinski definition) is 5. The summed E-state index contributed by atoms with van der Waals surface area (Å²) >= 11 is 0. The molecule has 1 atom stereocenters. The first-order valence-corrected chi connectivity index (χ1v) is 10.3. The van der Waals surface area contributed by atoms with Gasteiger partial charge in [-0.15, -0.1) is 0 Å². The van der Waals surface area contributed by atoms with Crippen LogP contribution in [0.5, 0.6) is 0 Å². The predicted molar refractivity (Wildman–Crippen MR) is 109 cm³/mol. The summed E-state index contributed by atoms with van der Waals surface area (Å²) in [6.07, 6.45) is 6.20. The number of benzene rings is 1. The topological polar surface area (TPSA) is 50.3 Å². The van der Waals surface area contributed by atoms with Crippen molar-refractivity contribution < 1.29 is 4.74 Å². The van der Waals surface area contributed by atoms with E-state index in [9.17, 15) is 0 Å². The lowest BCUT2D eigenvalue weighted by atomic mass is 9.90. The smallest absolute Gasteiger partial charge is 0.227 e. The molecular formula is C22H30N4O. The zero-order valence-corrected chi connectivity index (χ0v) is 16.2. The minimum atomic E-state index is 0.317. The van der Waals surface area contributed by atoms with Crippen molar-refractivity contribution in [3.05, 3.63) is 47.7 Å². The molecule has 1 unspecified atom stereocenters. The molecular weight excluding hydrogens is 336 g/mol. The molecule has 4 rings (SSSR count). The number of aromatic nitrogens is 2. The largest absolute Gasteiger partial charge is 0.376 e. The highest BCUT2D eigenvalue weighted by Gasteiger charge is 2.22. The summed E-state index contributed by atoms with van der Waals surface area (Å²) in [5, 5.41) is 3.45. The SMILES string of the molecule is Cc1cc(NCC2CCCO2)nc(N2CCC(Cc3ccccc3)CC2)n1. The fourth-order valence-corrected chi connectivity index (χ4v) is 4.09. The van der Waals surface area contributed by atoms with Crippen molar-refractivity contribution in [1.29, 1.82) is 0 Å². The first kappa shape index (κ1) is 18.2. The minimum Gasteiger partial charge on any atom is -0.376 e. The van der Waals surface area contributed by atoms with Crippen molar-refractivity contribution in [3.8, 4) is 0 Å². The van der Waals surface area contributed by atoms with Crippen LogP contribution in [-0.4, -0.2) is 42.3 Å². The van der Waals surface area contributed by atoms with Crippen LogP contribution in [-0.2, 0) is 11.2 Å². The van der Waals surface area contributed by atoms with E-state index in [1.165, 1.54) is 31.2 Å². The Morgan fingerprint density at radius 3 is 2.67 bits per heavy atom. The third kappa shape index (κ3) is 4.98. The highest BCUT2D eigenvalue weighted by Crippen LogP contribution is 2.25. The summed E-state index contributed by atoms with van der Waals surface area (Å²) in [5.41, 5.74) is 2.46. The van der Waals surface area contributed by atoms with Gasteiger partial charge in [0.25, 0.3) is 0 Å². The summed E-state index contributed by atoms with van der Waals surface area (Å²) < 4.78 is 5.70. The fraction of sp³-hybridized carbons (Fsp3) is 0.545. The van der Waals surface area contributed by atoms with E-state index < -0.39 is 0 Å². The highest BCUT2D eigenvalue weighted by atomic mass is 16.5. The summed E-state index contributed by atoms with van der Waals surface area (Å²) in [5.74, 6) is 2.54. The van der Waals surface area contributed by atoms with E-state index in [0.717, 1.165) is 56.0 Å². The second kappa shape index (κ2) is 8.70. The lowest BCUT2D eigenvalue weighted by Crippen LogP contribution is -2.35. The van der Waals surface area contributed by atoms with Gasteiger partial charge < -0.3 is 15.0 Å². The molecule has 1 N–H and O–H groups in total. The van der Waals surface area contributed by atoms with E-state index in [0.29, 0.717) is 6.10 Å². The number of aryl methyl sites for hydroxylation is 1. The maximum Gasteiger partial charge on any atom is 0.227 e. The van der Waals surface area contributed by atoms with Crippen LogP contribution in [0, 0.1) is 12.8 Å². The molecule has 0 saturated carbocycles. The number of hydrogen-bond donors (Lipinski definition) is 1. The number of anilines is 2. The molecule has 27 heavy (non-hydrogen) atoms. The predicted octanol–water partition coefficient (Wildman–Crippen LogP) is 3.84. The van der Waals surface area contributed by atoms with Crippen molar-refractivity contribution >= 4 is 11.8 Å². The van der Waals surface area contributed by atoms with Gasteiger partial charge in [0.2, 0.25) is 5.95 Å². The molecule has 2 fully saturated rings. The molecule has 1 aromatic heterocycles. The van der Waals surface area contributed by atoms with Gasteiger partial charge in [-0.1, -0.05) is 30.3 Å². The molecule has 2 aromatic rings. The number of piperidine rings is 1. The van der Waals surface area contributed by atoms with E-state index in [4.69, 9.17) is 9.72 Å². The lowest BCUT2D eigenvalue weighted by molar-refractivity contribution is 0.120. The molecule has 0 aliphatic carbocycles. The van der Waals surface area contributed by atoms with E-state index in [2.05, 4.69) is 45.5 Å². The molecule has 0 amide bonds. The van der Waals surface area contributed by atoms with Crippen LogP contribution in [0.25, 0.3) is 0 Å². The standard InChI is InChI=1S/C22H30N4O/c1-17-14-21(23-16-20-8-5-13-27-20)25-22(24-17)26-11-9-19(10-12-26)15-18-6-3-2-4-7-18/h2-4,6-7,14,19-20H,5,8-13,15-16H2,1H3,(H,23,24,25). The van der Waals surface area contributed by atoms with Crippen LogP contribution in [0.15, 0.2) is 36.4 Å². The van der Waals surface area contributed by atoms with Crippen molar-refractivity contribution in [1.82, 2.24) is 9.97 Å². The van der Waals surface area contributed by atoms with Crippen LogP contribution in [0.3, 0.4) is 0 Å². The first-order chi connectivity index (χ1) is 13.3. The summed E-state index contributed by atoms with van der Waals surface area (Å²) in [6.45, 7) is 5.83. The number of rotatable bonds is 6. The van der Waals surface area contributed by atoms with Gasteiger partial charge in [-0.25, -0.2) is 4.98 Å². The van der Waals surface area contributed by atoms with Gasteiger partial charge in [-0.2, -0.15) is 4.98 Å². The van der Waals surface area contributed by atoms with Crippen LogP contribution in [0.1, 0.15) is 36.9 Å². The Morgan fingerprint density at radius 2 is 1.93 bits per heavy atom. The third-order valence-corrected chi connectivity index (χ3v) is 5.64. The lowest BCUT2D eigenvalue weighted by Gasteiger charge is -2.32. The Morgan fingerprint density at radius 1 is 1.11 bits per heavy atom. The number of ether oxygens (including phenoxy) is 1. The Bertz CT molecular complexity index is 722. The van der Waals surface area contributed by atoms with Gasteiger partial charge in [0, 0.05) is 38.0 Å². The average molecular weight is 367 g/mol. The van der Waals surface area contributed by atoms with Crippen LogP contribution in [0.4, 0.5) is 11.8 Å². The van der Waals surface area contributed by atoms with E-state index in [1.807, 2.05) is 13.0 Å². The molecule has 2 aliphatic rings. The van der Waals surface area contributed by atoms with Gasteiger partial charge in [0.05, 0.1) is 6.10 Å². The number of nitrogens with zero attached hydrogens (tertiary/aromatic N) is 3. The molecule has 5 heteroatoms. The van der Waals surface area contributed by atoms with Crippen LogP contribution in [0.2, 0.25) is 0 Å². The fourth-order valence-electron chi connectivity index (χ4n) is 4.09. The molecule has 2 aliphatic heterocycles. The zero-order valence-electron chi connectivity index (χ0n) is 16.2. The van der Waals surface area contributed by atoms with Gasteiger partial charge in [0.15, 0.2) is 0 Å². The van der Waals surface area contributed by atoms with Crippen LogP contribution >= 0.6 is 0 Å². The summed E-state index contributed by atoms with van der Waals surface area (Å²) in [7, 11) is 0. The van der Waals surface area contributed by atoms with Gasteiger partial charge >= 0.3 is 0 Å². The second-order valence-corrected chi connectivity index (χ2v) is 7.83. The molecule has 3 heterocycles. The first-order valence-electron chi connectivity index (χ1n) is 10.3. The van der Waals surface area contributed by atoms with Crippen molar-refractivity contribution in [2.24, 2.45) is 5.92 Å². The second-order valence-electron chi connectivity index (χ2n) is 7.83. The molecule has 0 spiro atoms. The summed E-state index contributed by atoms with van der Waals surface area (Å²) in [6, 6.07) is 12.9. The van der Waals surface area contributed by atoms with E-state index in [-0.39, 0.29) is 0 Å². The van der Waals surface area contributed by atoms with Gasteiger partial charge in [-0.05, 0) is 50.5 Å². The maximum atomic E-state index is 5.70. The molecule has 0 radical (unpaired) electrons. The van der Waals surface area contributed by atoms with Crippen molar-refractivity contribution in [2.45, 2.75) is 45.1 Å². The van der Waals surface area contributed by atoms with E-state index >= 15 is 0 Å². The Kier molecular flexibility index (Phi) is 5.87. The van der Waals surface area contributed by atoms with Gasteiger partial charge in [0.1, 0.15) is 5.82 Å². The zero-order chi connectivity index (χ0) is 18.5. The number of nitrogens with one attached hydrogen (secondary N) is 1. The minimum absolute atomic E-state index is 0.317. The molecule has 2 saturated heterocycles. The highest BCUT2D eigenvalue weighted by molar-refractivity contribution is 5.44. The van der Waals surface area contributed by atoms with E-state index in [1.54, 1.807) is 0 Å². The Labute approximate surface area is 162 Å². The molecule has 0 bridgehead atoms. The van der Waals surface area contributed by atoms with Gasteiger partial charge in [-0.3, -0.25) is 0 Å². The normalized spacial score (nSPS) is 20.8. The Hall–Kier alpha value is -2.14. The monoisotopic (exact) mass is 366 g/mol. The van der Waals surface area contributed by atoms with Crippen molar-refractivity contribution in [3.63, 3.8) is 0 Å². The molecule has 144 valence electrons.